The van der Waals surface area contributed by atoms with E-state index in [-0.39, 0.29) is 23.1 Å². The Hall–Kier alpha value is -2.25. The van der Waals surface area contributed by atoms with Crippen LogP contribution in [0.2, 0.25) is 10.2 Å². The van der Waals surface area contributed by atoms with Gasteiger partial charge in [-0.3, -0.25) is 4.79 Å². The zero-order valence-electron chi connectivity index (χ0n) is 11.3. The average molecular weight is 341 g/mol. The summed E-state index contributed by atoms with van der Waals surface area (Å²) in [5.41, 5.74) is 0.417. The van der Waals surface area contributed by atoms with Crippen LogP contribution in [0, 0.1) is 0 Å². The van der Waals surface area contributed by atoms with Crippen LogP contribution >= 0.6 is 23.2 Å². The molecule has 0 bridgehead atoms. The van der Waals surface area contributed by atoms with Crippen molar-refractivity contribution in [2.24, 2.45) is 0 Å². The quantitative estimate of drug-likeness (QED) is 0.676. The summed E-state index contributed by atoms with van der Waals surface area (Å²) in [4.78, 5) is 35.1. The standard InChI is InChI=1S/C13H10Cl2N4O3/c1-22-13(21)11-12(17-3-2-16-11)19-10(20)5-7-4-9(15)18-6-8(7)14/h2-4,6H,5H2,1H3,(H,17,19,20). The van der Waals surface area contributed by atoms with E-state index >= 15 is 0 Å². The number of hydrogen-bond acceptors (Lipinski definition) is 6. The summed E-state index contributed by atoms with van der Waals surface area (Å²) in [5, 5.41) is 3.02. The zero-order chi connectivity index (χ0) is 16.1. The number of rotatable bonds is 4. The van der Waals surface area contributed by atoms with Crippen molar-refractivity contribution in [3.8, 4) is 0 Å². The number of carbonyl (C=O) groups is 2. The van der Waals surface area contributed by atoms with Gasteiger partial charge in [0.2, 0.25) is 5.91 Å². The molecular weight excluding hydrogens is 331 g/mol. The lowest BCUT2D eigenvalue weighted by Crippen LogP contribution is -2.19. The number of ether oxygens (including phenoxy) is 1. The van der Waals surface area contributed by atoms with E-state index in [0.29, 0.717) is 10.6 Å². The minimum Gasteiger partial charge on any atom is -0.464 e. The largest absolute Gasteiger partial charge is 0.464 e. The van der Waals surface area contributed by atoms with Crippen LogP contribution in [0.1, 0.15) is 16.1 Å². The van der Waals surface area contributed by atoms with Crippen molar-refractivity contribution >= 4 is 40.9 Å². The Morgan fingerprint density at radius 1 is 1.23 bits per heavy atom. The van der Waals surface area contributed by atoms with Gasteiger partial charge in [-0.05, 0) is 11.6 Å². The van der Waals surface area contributed by atoms with Crippen molar-refractivity contribution < 1.29 is 14.3 Å². The van der Waals surface area contributed by atoms with Crippen LogP contribution in [0.25, 0.3) is 0 Å². The fourth-order valence-electron chi connectivity index (χ4n) is 1.61. The Kier molecular flexibility index (Phi) is 5.24. The number of aromatic nitrogens is 3. The van der Waals surface area contributed by atoms with Crippen LogP contribution in [-0.4, -0.2) is 33.9 Å². The van der Waals surface area contributed by atoms with Crippen molar-refractivity contribution in [3.63, 3.8) is 0 Å². The molecule has 0 atom stereocenters. The number of nitrogens with one attached hydrogen (secondary N) is 1. The van der Waals surface area contributed by atoms with Crippen molar-refractivity contribution in [1.29, 1.82) is 0 Å². The monoisotopic (exact) mass is 340 g/mol. The van der Waals surface area contributed by atoms with Gasteiger partial charge >= 0.3 is 5.97 Å². The van der Waals surface area contributed by atoms with Gasteiger partial charge in [0.15, 0.2) is 11.5 Å². The molecule has 2 rings (SSSR count). The maximum Gasteiger partial charge on any atom is 0.360 e. The number of methoxy groups -OCH3 is 1. The van der Waals surface area contributed by atoms with Crippen LogP contribution < -0.4 is 5.32 Å². The molecule has 0 fully saturated rings. The first kappa shape index (κ1) is 16.1. The molecular formula is C13H10Cl2N4O3. The predicted molar refractivity (Wildman–Crippen MR) is 80.0 cm³/mol. The van der Waals surface area contributed by atoms with Gasteiger partial charge in [0.25, 0.3) is 0 Å². The van der Waals surface area contributed by atoms with Gasteiger partial charge in [-0.1, -0.05) is 23.2 Å². The molecule has 1 amide bonds. The Morgan fingerprint density at radius 3 is 2.68 bits per heavy atom. The van der Waals surface area contributed by atoms with Gasteiger partial charge in [0, 0.05) is 18.6 Å². The number of hydrogen-bond donors (Lipinski definition) is 1. The minimum atomic E-state index is -0.701. The molecule has 22 heavy (non-hydrogen) atoms. The molecule has 2 aromatic heterocycles. The lowest BCUT2D eigenvalue weighted by atomic mass is 10.2. The maximum absolute atomic E-state index is 12.1. The van der Waals surface area contributed by atoms with Gasteiger partial charge in [-0.25, -0.2) is 19.7 Å². The second-order valence-electron chi connectivity index (χ2n) is 4.07. The second-order valence-corrected chi connectivity index (χ2v) is 4.86. The average Bonchev–Trinajstić information content (AvgIpc) is 2.50. The SMILES string of the molecule is COC(=O)c1nccnc1NC(=O)Cc1cc(Cl)ncc1Cl. The summed E-state index contributed by atoms with van der Waals surface area (Å²) in [6, 6.07) is 1.49. The van der Waals surface area contributed by atoms with E-state index in [1.165, 1.54) is 31.8 Å². The first-order chi connectivity index (χ1) is 10.5. The van der Waals surface area contributed by atoms with Gasteiger partial charge in [-0.2, -0.15) is 0 Å². The van der Waals surface area contributed by atoms with Crippen LogP contribution in [0.3, 0.4) is 0 Å². The molecule has 1 N–H and O–H groups in total. The van der Waals surface area contributed by atoms with Crippen LogP contribution in [-0.2, 0) is 16.0 Å². The Bertz CT molecular complexity index is 724. The minimum absolute atomic E-state index is 0.00984. The maximum atomic E-state index is 12.1. The van der Waals surface area contributed by atoms with Gasteiger partial charge in [0.1, 0.15) is 5.15 Å². The molecule has 0 radical (unpaired) electrons. The van der Waals surface area contributed by atoms with E-state index in [9.17, 15) is 9.59 Å². The first-order valence-corrected chi connectivity index (χ1v) is 6.76. The normalized spacial score (nSPS) is 10.1. The van der Waals surface area contributed by atoms with E-state index in [4.69, 9.17) is 23.2 Å². The van der Waals surface area contributed by atoms with Crippen molar-refractivity contribution in [3.05, 3.63) is 46.1 Å². The predicted octanol–water partition coefficient (Wildman–Crippen LogP) is 2.15. The molecule has 0 saturated heterocycles. The molecule has 7 nitrogen and oxygen atoms in total. The number of nitrogens with zero attached hydrogens (tertiary/aromatic N) is 3. The van der Waals surface area contributed by atoms with E-state index < -0.39 is 11.9 Å². The summed E-state index contributed by atoms with van der Waals surface area (Å²) in [5.74, 6) is -1.13. The van der Waals surface area contributed by atoms with E-state index in [1.54, 1.807) is 0 Å². The van der Waals surface area contributed by atoms with Crippen molar-refractivity contribution in [2.45, 2.75) is 6.42 Å². The van der Waals surface area contributed by atoms with Crippen molar-refractivity contribution in [1.82, 2.24) is 15.0 Å². The summed E-state index contributed by atoms with van der Waals surface area (Å²) < 4.78 is 4.57. The summed E-state index contributed by atoms with van der Waals surface area (Å²) in [6.45, 7) is 0. The molecule has 0 aromatic carbocycles. The molecule has 0 spiro atoms. The summed E-state index contributed by atoms with van der Waals surface area (Å²) in [7, 11) is 1.21. The number of anilines is 1. The molecule has 0 aliphatic carbocycles. The Balaban J connectivity index is 2.16. The fourth-order valence-corrected chi connectivity index (χ4v) is 1.96. The fraction of sp³-hybridized carbons (Fsp3) is 0.154. The van der Waals surface area contributed by atoms with E-state index in [1.807, 2.05) is 0 Å². The molecule has 0 saturated carbocycles. The molecule has 2 heterocycles. The molecule has 114 valence electrons. The van der Waals surface area contributed by atoms with E-state index in [0.717, 1.165) is 0 Å². The first-order valence-electron chi connectivity index (χ1n) is 6.00. The lowest BCUT2D eigenvalue weighted by molar-refractivity contribution is -0.115. The van der Waals surface area contributed by atoms with Crippen molar-refractivity contribution in [2.75, 3.05) is 12.4 Å². The molecule has 0 unspecified atom stereocenters. The van der Waals surface area contributed by atoms with Crippen LogP contribution in [0.15, 0.2) is 24.7 Å². The topological polar surface area (TPSA) is 94.1 Å². The number of pyridine rings is 1. The highest BCUT2D eigenvalue weighted by molar-refractivity contribution is 6.33. The molecule has 0 aliphatic rings. The van der Waals surface area contributed by atoms with Gasteiger partial charge < -0.3 is 10.1 Å². The molecule has 9 heteroatoms. The highest BCUT2D eigenvalue weighted by Crippen LogP contribution is 2.19. The number of esters is 1. The Labute approximate surface area is 135 Å². The number of halogens is 2. The third-order valence-electron chi connectivity index (χ3n) is 2.59. The summed E-state index contributed by atoms with van der Waals surface area (Å²) >= 11 is 11.7. The number of amides is 1. The lowest BCUT2D eigenvalue weighted by Gasteiger charge is -2.08. The van der Waals surface area contributed by atoms with Crippen LogP contribution in [0.5, 0.6) is 0 Å². The van der Waals surface area contributed by atoms with Crippen LogP contribution in [0.4, 0.5) is 5.82 Å². The molecule has 2 aromatic rings. The smallest absolute Gasteiger partial charge is 0.360 e. The summed E-state index contributed by atoms with van der Waals surface area (Å²) in [6.07, 6.45) is 3.96. The van der Waals surface area contributed by atoms with E-state index in [2.05, 4.69) is 25.0 Å². The third-order valence-corrected chi connectivity index (χ3v) is 3.13. The Morgan fingerprint density at radius 2 is 1.95 bits per heavy atom. The third kappa shape index (κ3) is 3.90. The number of carbonyl (C=O) groups excluding carboxylic acids is 2. The highest BCUT2D eigenvalue weighted by atomic mass is 35.5. The molecule has 0 aliphatic heterocycles. The second kappa shape index (κ2) is 7.15. The zero-order valence-corrected chi connectivity index (χ0v) is 12.9. The highest BCUT2D eigenvalue weighted by Gasteiger charge is 2.17. The van der Waals surface area contributed by atoms with Gasteiger partial charge in [0.05, 0.1) is 18.6 Å². The van der Waals surface area contributed by atoms with Gasteiger partial charge in [-0.15, -0.1) is 0 Å².